The number of hydrogen-bond donors (Lipinski definition) is 1. The monoisotopic (exact) mass is 484 g/mol. The van der Waals surface area contributed by atoms with E-state index in [-0.39, 0.29) is 12.2 Å². The lowest BCUT2D eigenvalue weighted by atomic mass is 10.1. The maximum Gasteiger partial charge on any atom is 0.266 e. The molecule has 3 aromatic rings. The Balaban J connectivity index is 1.73. The second-order valence-electron chi connectivity index (χ2n) is 7.16. The van der Waals surface area contributed by atoms with Crippen LogP contribution < -0.4 is 10.1 Å². The number of carbonyl (C=O) groups excluding carboxylic acids is 1. The van der Waals surface area contributed by atoms with E-state index in [1.54, 1.807) is 36.4 Å². The molecule has 0 aromatic heterocycles. The summed E-state index contributed by atoms with van der Waals surface area (Å²) in [4.78, 5) is 12.6. The highest BCUT2D eigenvalue weighted by Gasteiger charge is 2.12. The molecule has 3 aromatic carbocycles. The maximum absolute atomic E-state index is 12.6. The molecule has 1 N–H and O–H groups in total. The van der Waals surface area contributed by atoms with Crippen molar-refractivity contribution in [2.45, 2.75) is 20.5 Å². The fourth-order valence-electron chi connectivity index (χ4n) is 2.98. The van der Waals surface area contributed by atoms with E-state index in [0.29, 0.717) is 32.1 Å². The molecule has 3 rings (SSSR count). The minimum absolute atomic E-state index is 0.0392. The number of ether oxygens (including phenoxy) is 1. The van der Waals surface area contributed by atoms with Crippen LogP contribution in [0.3, 0.4) is 0 Å². The first kappa shape index (κ1) is 23.7. The number of hydrogen-bond acceptors (Lipinski definition) is 3. The number of nitrogens with zero attached hydrogens (tertiary/aromatic N) is 1. The van der Waals surface area contributed by atoms with Gasteiger partial charge in [0.2, 0.25) is 0 Å². The summed E-state index contributed by atoms with van der Waals surface area (Å²) in [6.45, 7) is 4.08. The van der Waals surface area contributed by atoms with Gasteiger partial charge in [0, 0.05) is 21.3 Å². The SMILES string of the molecule is Cc1ccc(NC(=O)/C(C#N)=C/c2ccc(OCc3ccc(Cl)cc3Cl)c(Cl)c2)c(C)c1. The van der Waals surface area contributed by atoms with Crippen LogP contribution in [0.2, 0.25) is 15.1 Å². The van der Waals surface area contributed by atoms with Gasteiger partial charge >= 0.3 is 0 Å². The first-order chi connectivity index (χ1) is 15.3. The molecule has 0 aliphatic rings. The molecule has 162 valence electrons. The highest BCUT2D eigenvalue weighted by atomic mass is 35.5. The standard InChI is InChI=1S/C25H19Cl3N2O2/c1-15-3-7-23(16(2)9-15)30-25(31)19(13-29)10-17-4-8-24(22(28)11-17)32-14-18-5-6-20(26)12-21(18)27/h3-12H,14H2,1-2H3,(H,30,31)/b19-10+. The van der Waals surface area contributed by atoms with Gasteiger partial charge in [0.25, 0.3) is 5.91 Å². The number of carbonyl (C=O) groups is 1. The average molecular weight is 486 g/mol. The first-order valence-electron chi connectivity index (χ1n) is 9.63. The van der Waals surface area contributed by atoms with Gasteiger partial charge in [0.05, 0.1) is 5.02 Å². The van der Waals surface area contributed by atoms with Gasteiger partial charge in [-0.2, -0.15) is 5.26 Å². The van der Waals surface area contributed by atoms with Gasteiger partial charge in [-0.3, -0.25) is 4.79 Å². The highest BCUT2D eigenvalue weighted by molar-refractivity contribution is 6.35. The third-order valence-corrected chi connectivity index (χ3v) is 5.54. The van der Waals surface area contributed by atoms with Crippen molar-refractivity contribution in [2.75, 3.05) is 5.32 Å². The lowest BCUT2D eigenvalue weighted by molar-refractivity contribution is -0.112. The summed E-state index contributed by atoms with van der Waals surface area (Å²) in [5, 5.41) is 13.6. The second-order valence-corrected chi connectivity index (χ2v) is 8.41. The molecule has 4 nitrogen and oxygen atoms in total. The van der Waals surface area contributed by atoms with Crippen molar-refractivity contribution < 1.29 is 9.53 Å². The summed E-state index contributed by atoms with van der Waals surface area (Å²) in [7, 11) is 0. The van der Waals surface area contributed by atoms with Crippen molar-refractivity contribution in [3.05, 3.63) is 97.5 Å². The molecule has 1 amide bonds. The van der Waals surface area contributed by atoms with Crippen LogP contribution in [0.5, 0.6) is 5.75 Å². The number of aryl methyl sites for hydroxylation is 2. The van der Waals surface area contributed by atoms with Gasteiger partial charge in [-0.05, 0) is 61.4 Å². The average Bonchev–Trinajstić information content (AvgIpc) is 2.74. The Morgan fingerprint density at radius 2 is 1.81 bits per heavy atom. The molecule has 0 fully saturated rings. The molecule has 0 atom stereocenters. The highest BCUT2D eigenvalue weighted by Crippen LogP contribution is 2.29. The van der Waals surface area contributed by atoms with Gasteiger partial charge in [-0.15, -0.1) is 0 Å². The molecule has 32 heavy (non-hydrogen) atoms. The van der Waals surface area contributed by atoms with Crippen molar-refractivity contribution in [1.29, 1.82) is 5.26 Å². The van der Waals surface area contributed by atoms with Gasteiger partial charge in [0.1, 0.15) is 24.0 Å². The Labute approximate surface area is 202 Å². The Morgan fingerprint density at radius 1 is 1.03 bits per heavy atom. The van der Waals surface area contributed by atoms with E-state index in [1.165, 1.54) is 6.08 Å². The molecule has 7 heteroatoms. The largest absolute Gasteiger partial charge is 0.487 e. The number of nitrogens with one attached hydrogen (secondary N) is 1. The molecule has 0 aliphatic carbocycles. The minimum atomic E-state index is -0.492. The number of benzene rings is 3. The zero-order valence-corrected chi connectivity index (χ0v) is 19.6. The zero-order chi connectivity index (χ0) is 23.3. The van der Waals surface area contributed by atoms with E-state index in [4.69, 9.17) is 39.5 Å². The first-order valence-corrected chi connectivity index (χ1v) is 10.8. The predicted octanol–water partition coefficient (Wildman–Crippen LogP) is 7.39. The third-order valence-electron chi connectivity index (χ3n) is 4.66. The van der Waals surface area contributed by atoms with E-state index in [9.17, 15) is 10.1 Å². The van der Waals surface area contributed by atoms with Crippen molar-refractivity contribution in [3.63, 3.8) is 0 Å². The van der Waals surface area contributed by atoms with Crippen LogP contribution in [0.1, 0.15) is 22.3 Å². The smallest absolute Gasteiger partial charge is 0.266 e. The third kappa shape index (κ3) is 6.05. The van der Waals surface area contributed by atoms with E-state index in [2.05, 4.69) is 5.32 Å². The van der Waals surface area contributed by atoms with Crippen LogP contribution in [-0.4, -0.2) is 5.91 Å². The number of rotatable bonds is 6. The van der Waals surface area contributed by atoms with Crippen LogP contribution in [-0.2, 0) is 11.4 Å². The van der Waals surface area contributed by atoms with E-state index in [1.807, 2.05) is 38.1 Å². The summed E-state index contributed by atoms with van der Waals surface area (Å²) in [5.74, 6) is -0.0404. The lowest BCUT2D eigenvalue weighted by Gasteiger charge is -2.11. The predicted molar refractivity (Wildman–Crippen MR) is 130 cm³/mol. The molecule has 0 saturated heterocycles. The van der Waals surface area contributed by atoms with E-state index < -0.39 is 5.91 Å². The van der Waals surface area contributed by atoms with Crippen molar-refractivity contribution in [3.8, 4) is 11.8 Å². The van der Waals surface area contributed by atoms with Gasteiger partial charge in [-0.1, -0.05) is 64.6 Å². The Morgan fingerprint density at radius 3 is 2.47 bits per heavy atom. The van der Waals surface area contributed by atoms with Gasteiger partial charge in [-0.25, -0.2) is 0 Å². The number of nitriles is 1. The Hall–Kier alpha value is -2.97. The molecule has 0 unspecified atom stereocenters. The quantitative estimate of drug-likeness (QED) is 0.292. The molecule has 0 heterocycles. The minimum Gasteiger partial charge on any atom is -0.487 e. The van der Waals surface area contributed by atoms with Crippen molar-refractivity contribution in [1.82, 2.24) is 0 Å². The number of halogens is 3. The molecule has 0 saturated carbocycles. The Bertz CT molecular complexity index is 1250. The van der Waals surface area contributed by atoms with Gasteiger partial charge < -0.3 is 10.1 Å². The summed E-state index contributed by atoms with van der Waals surface area (Å²) in [6.07, 6.45) is 1.48. The normalized spacial score (nSPS) is 11.1. The fraction of sp³-hybridized carbons (Fsp3) is 0.120. The molecule has 0 radical (unpaired) electrons. The maximum atomic E-state index is 12.6. The topological polar surface area (TPSA) is 62.1 Å². The van der Waals surface area contributed by atoms with Crippen LogP contribution in [0, 0.1) is 25.2 Å². The fourth-order valence-corrected chi connectivity index (χ4v) is 3.68. The van der Waals surface area contributed by atoms with Crippen molar-refractivity contribution in [2.24, 2.45) is 0 Å². The van der Waals surface area contributed by atoms with E-state index in [0.717, 1.165) is 16.7 Å². The summed E-state index contributed by atoms with van der Waals surface area (Å²) in [6, 6.07) is 17.8. The van der Waals surface area contributed by atoms with E-state index >= 15 is 0 Å². The summed E-state index contributed by atoms with van der Waals surface area (Å²) >= 11 is 18.4. The van der Waals surface area contributed by atoms with Crippen LogP contribution in [0.4, 0.5) is 5.69 Å². The van der Waals surface area contributed by atoms with Crippen LogP contribution >= 0.6 is 34.8 Å². The molecular formula is C25H19Cl3N2O2. The lowest BCUT2D eigenvalue weighted by Crippen LogP contribution is -2.14. The summed E-state index contributed by atoms with van der Waals surface area (Å²) in [5.41, 5.74) is 3.99. The molecule has 0 bridgehead atoms. The van der Waals surface area contributed by atoms with Gasteiger partial charge in [0.15, 0.2) is 0 Å². The Kier molecular flexibility index (Phi) is 7.82. The van der Waals surface area contributed by atoms with Crippen molar-refractivity contribution >= 4 is 52.5 Å². The number of amides is 1. The van der Waals surface area contributed by atoms with Crippen LogP contribution in [0.25, 0.3) is 6.08 Å². The zero-order valence-electron chi connectivity index (χ0n) is 17.4. The molecule has 0 spiro atoms. The molecule has 0 aliphatic heterocycles. The summed E-state index contributed by atoms with van der Waals surface area (Å²) < 4.78 is 5.75. The molecular weight excluding hydrogens is 467 g/mol. The number of anilines is 1. The van der Waals surface area contributed by atoms with Crippen LogP contribution in [0.15, 0.2) is 60.2 Å². The second kappa shape index (κ2) is 10.6.